The van der Waals surface area contributed by atoms with Gasteiger partial charge in [-0.25, -0.2) is 0 Å². The Morgan fingerprint density at radius 1 is 1.36 bits per heavy atom. The summed E-state index contributed by atoms with van der Waals surface area (Å²) >= 11 is 0. The summed E-state index contributed by atoms with van der Waals surface area (Å²) in [5.41, 5.74) is 0. The van der Waals surface area contributed by atoms with Crippen LogP contribution in [0.1, 0.15) is 0 Å². The average molecular weight is 224 g/mol. The summed E-state index contributed by atoms with van der Waals surface area (Å²) in [5.74, 6) is -2.19. The number of hydrogen-bond acceptors (Lipinski definition) is 3. The molecule has 0 amide bonds. The molecule has 72 valence electrons. The van der Waals surface area contributed by atoms with Gasteiger partial charge in [0.1, 0.15) is 5.92 Å². The maximum atomic E-state index is 10.5. The van der Waals surface area contributed by atoms with E-state index in [4.69, 9.17) is 5.11 Å². The first kappa shape index (κ1) is 16.1. The maximum Gasteiger partial charge on any atom is 1.00 e. The Balaban J connectivity index is 0. The third-order valence-corrected chi connectivity index (χ3v) is 2.22. The minimum absolute atomic E-state index is 0. The molecule has 0 bridgehead atoms. The van der Waals surface area contributed by atoms with Crippen LogP contribution < -0.4 is 29.6 Å². The van der Waals surface area contributed by atoms with Crippen molar-refractivity contribution in [1.29, 1.82) is 0 Å². The van der Waals surface area contributed by atoms with E-state index in [0.717, 1.165) is 0 Å². The first-order valence-corrected chi connectivity index (χ1v) is 4.24. The minimum atomic E-state index is -2.45. The van der Waals surface area contributed by atoms with Gasteiger partial charge in [-0.1, -0.05) is 26.6 Å². The van der Waals surface area contributed by atoms with E-state index in [-0.39, 0.29) is 42.8 Å². The van der Waals surface area contributed by atoms with E-state index in [0.29, 0.717) is 0 Å². The monoisotopic (exact) mass is 224 g/mol. The molecule has 0 aromatic carbocycles. The Morgan fingerprint density at radius 3 is 2.29 bits per heavy atom. The first-order valence-electron chi connectivity index (χ1n) is 3.16. The standard InChI is InChI=1S/C7H6O4S.BH4.Na/c8-7(9)5-3-1-2-4-6(5)12(10)11;;/h1-5H,(H,8,9);1H4;/q;-1;+1. The number of rotatable bonds is 1. The number of hydrogen-bond donors (Lipinski definition) is 1. The van der Waals surface area contributed by atoms with Crippen molar-refractivity contribution in [3.63, 3.8) is 0 Å². The van der Waals surface area contributed by atoms with E-state index >= 15 is 0 Å². The van der Waals surface area contributed by atoms with E-state index < -0.39 is 22.2 Å². The molecule has 0 aromatic rings. The van der Waals surface area contributed by atoms with Gasteiger partial charge >= 0.3 is 35.5 Å². The van der Waals surface area contributed by atoms with Gasteiger partial charge < -0.3 is 5.11 Å². The first-order chi connectivity index (χ1) is 5.63. The molecule has 0 radical (unpaired) electrons. The van der Waals surface area contributed by atoms with Crippen LogP contribution in [0, 0.1) is 5.92 Å². The van der Waals surface area contributed by atoms with Gasteiger partial charge in [0.2, 0.25) is 10.3 Å². The Labute approximate surface area is 107 Å². The van der Waals surface area contributed by atoms with Crippen LogP contribution in [0.4, 0.5) is 0 Å². The van der Waals surface area contributed by atoms with E-state index in [9.17, 15) is 13.2 Å². The third-order valence-electron chi connectivity index (χ3n) is 1.44. The summed E-state index contributed by atoms with van der Waals surface area (Å²) < 4.78 is 21.0. The topological polar surface area (TPSA) is 71.4 Å². The molecule has 0 aliphatic heterocycles. The van der Waals surface area contributed by atoms with Crippen molar-refractivity contribution in [3.8, 4) is 0 Å². The number of carbonyl (C=O) groups is 1. The van der Waals surface area contributed by atoms with Crippen LogP contribution in [0.2, 0.25) is 0 Å². The Bertz CT molecular complexity index is 388. The molecular weight excluding hydrogens is 214 g/mol. The second-order valence-corrected chi connectivity index (χ2v) is 3.14. The van der Waals surface area contributed by atoms with Gasteiger partial charge in [-0.05, 0) is 6.08 Å². The largest absolute Gasteiger partial charge is 1.00 e. The number of carboxylic acids is 1. The zero-order valence-electron chi connectivity index (χ0n) is 6.97. The van der Waals surface area contributed by atoms with Gasteiger partial charge in [-0.15, -0.1) is 0 Å². The van der Waals surface area contributed by atoms with Crippen LogP contribution in [0.25, 0.3) is 0 Å². The van der Waals surface area contributed by atoms with Crippen molar-refractivity contribution >= 4 is 29.5 Å². The molecule has 0 heterocycles. The summed E-state index contributed by atoms with van der Waals surface area (Å²) in [6.07, 6.45) is 5.61. The van der Waals surface area contributed by atoms with Gasteiger partial charge in [0.15, 0.2) is 0 Å². The van der Waals surface area contributed by atoms with Gasteiger partial charge in [0.05, 0.1) is 4.86 Å². The summed E-state index contributed by atoms with van der Waals surface area (Å²) in [4.78, 5) is 10.4. The van der Waals surface area contributed by atoms with E-state index in [1.54, 1.807) is 0 Å². The normalized spacial score (nSPS) is 18.0. The number of allylic oxidation sites excluding steroid dienone is 3. The predicted octanol–water partition coefficient (Wildman–Crippen LogP) is -4.58. The average Bonchev–Trinajstić information content (AvgIpc) is 2.04. The van der Waals surface area contributed by atoms with Crippen molar-refractivity contribution in [2.45, 2.75) is 0 Å². The van der Waals surface area contributed by atoms with Crippen molar-refractivity contribution in [3.05, 3.63) is 24.3 Å². The van der Waals surface area contributed by atoms with Gasteiger partial charge in [0.25, 0.3) is 0 Å². The molecule has 1 N–H and O–H groups in total. The zero-order chi connectivity index (χ0) is 9.14. The molecule has 14 heavy (non-hydrogen) atoms. The molecule has 1 unspecified atom stereocenters. The predicted molar refractivity (Wildman–Crippen MR) is 54.7 cm³/mol. The summed E-state index contributed by atoms with van der Waals surface area (Å²) in [7, 11) is -2.45. The fourth-order valence-corrected chi connectivity index (χ4v) is 1.46. The van der Waals surface area contributed by atoms with E-state index in [2.05, 4.69) is 0 Å². The molecule has 7 heteroatoms. The molecule has 0 saturated heterocycles. The molecule has 1 aliphatic carbocycles. The molecular formula is C7H10BNaO4S. The molecule has 0 aromatic heterocycles. The molecule has 0 spiro atoms. The van der Waals surface area contributed by atoms with Crippen LogP contribution in [0.3, 0.4) is 0 Å². The maximum absolute atomic E-state index is 10.5. The minimum Gasteiger partial charge on any atom is -0.481 e. The second-order valence-electron chi connectivity index (χ2n) is 2.20. The summed E-state index contributed by atoms with van der Waals surface area (Å²) in [6, 6.07) is 0. The molecule has 0 saturated carbocycles. The number of carboxylic acid groups (broad SMARTS) is 1. The van der Waals surface area contributed by atoms with E-state index in [1.807, 2.05) is 0 Å². The van der Waals surface area contributed by atoms with Crippen LogP contribution in [0.15, 0.2) is 24.3 Å². The van der Waals surface area contributed by atoms with Crippen LogP contribution >= 0.6 is 0 Å². The zero-order valence-corrected chi connectivity index (χ0v) is 9.78. The van der Waals surface area contributed by atoms with Crippen molar-refractivity contribution in [1.82, 2.24) is 0 Å². The molecule has 4 nitrogen and oxygen atoms in total. The van der Waals surface area contributed by atoms with Crippen LogP contribution in [-0.2, 0) is 15.1 Å². The summed E-state index contributed by atoms with van der Waals surface area (Å²) in [6.45, 7) is 0. The molecule has 1 atom stereocenters. The van der Waals surface area contributed by atoms with Crippen LogP contribution in [-0.4, -0.2) is 32.8 Å². The van der Waals surface area contributed by atoms with Crippen molar-refractivity contribution in [2.24, 2.45) is 5.92 Å². The van der Waals surface area contributed by atoms with Gasteiger partial charge in [-0.3, -0.25) is 4.79 Å². The summed E-state index contributed by atoms with van der Waals surface area (Å²) in [5, 5.41) is 8.58. The van der Waals surface area contributed by atoms with Gasteiger partial charge in [0, 0.05) is 0 Å². The van der Waals surface area contributed by atoms with Crippen LogP contribution in [0.5, 0.6) is 0 Å². The Kier molecular flexibility index (Phi) is 8.14. The van der Waals surface area contributed by atoms with Crippen molar-refractivity contribution < 1.29 is 47.9 Å². The van der Waals surface area contributed by atoms with Gasteiger partial charge in [-0.2, -0.15) is 8.42 Å². The quantitative estimate of drug-likeness (QED) is 0.359. The number of aliphatic carboxylic acids is 1. The smallest absolute Gasteiger partial charge is 0.481 e. The third kappa shape index (κ3) is 3.83. The fraction of sp³-hybridized carbons (Fsp3) is 0.143. The second kappa shape index (κ2) is 7.06. The molecule has 1 rings (SSSR count). The Morgan fingerprint density at radius 2 is 1.93 bits per heavy atom. The fourth-order valence-electron chi connectivity index (χ4n) is 0.887. The SMILES string of the molecule is O=C(O)C1C=CC=CC1=S(=O)=O.[BH4-].[Na+]. The molecule has 1 aliphatic rings. The Hall–Kier alpha value is -0.295. The van der Waals surface area contributed by atoms with Crippen molar-refractivity contribution in [2.75, 3.05) is 0 Å². The van der Waals surface area contributed by atoms with E-state index in [1.165, 1.54) is 24.3 Å². The molecule has 0 fully saturated rings.